The number of amides is 1. The Hall–Kier alpha value is -2.91. The molecule has 0 radical (unpaired) electrons. The summed E-state index contributed by atoms with van der Waals surface area (Å²) in [7, 11) is 0. The monoisotopic (exact) mass is 383 g/mol. The van der Waals surface area contributed by atoms with Crippen molar-refractivity contribution in [1.29, 1.82) is 0 Å². The molecular weight excluding hydrogens is 370 g/mol. The van der Waals surface area contributed by atoms with E-state index in [-0.39, 0.29) is 5.91 Å². The molecule has 26 heavy (non-hydrogen) atoms. The van der Waals surface area contributed by atoms with Crippen LogP contribution in [-0.2, 0) is 0 Å². The highest BCUT2D eigenvalue weighted by Gasteiger charge is 2.15. The Morgan fingerprint density at radius 1 is 1.27 bits per heavy atom. The predicted octanol–water partition coefficient (Wildman–Crippen LogP) is 3.86. The van der Waals surface area contributed by atoms with Crippen LogP contribution >= 0.6 is 22.7 Å². The highest BCUT2D eigenvalue weighted by molar-refractivity contribution is 7.22. The lowest BCUT2D eigenvalue weighted by Crippen LogP contribution is -2.11. The first-order chi connectivity index (χ1) is 12.7. The van der Waals surface area contributed by atoms with E-state index in [4.69, 9.17) is 4.74 Å². The number of rotatable bonds is 5. The maximum Gasteiger partial charge on any atom is 0.276 e. The highest BCUT2D eigenvalue weighted by atomic mass is 32.1. The number of benzene rings is 1. The standard InChI is InChI=1S/C17H13N5O2S2/c1-2-24-10-3-4-11-14(7-10)26-17(21-11)22-15(23)13-9-25-16(20-13)12-8-18-5-6-19-12/h3-9H,2H2,1H3,(H,21,22,23). The van der Waals surface area contributed by atoms with Gasteiger partial charge < -0.3 is 4.74 Å². The second-order valence-corrected chi connectivity index (χ2v) is 7.05. The minimum Gasteiger partial charge on any atom is -0.494 e. The topological polar surface area (TPSA) is 89.9 Å². The number of ether oxygens (including phenoxy) is 1. The van der Waals surface area contributed by atoms with Crippen LogP contribution < -0.4 is 10.1 Å². The predicted molar refractivity (Wildman–Crippen MR) is 102 cm³/mol. The Morgan fingerprint density at radius 3 is 3.00 bits per heavy atom. The Labute approximate surface area is 156 Å². The van der Waals surface area contributed by atoms with Crippen LogP contribution in [0.2, 0.25) is 0 Å². The van der Waals surface area contributed by atoms with E-state index >= 15 is 0 Å². The number of nitrogens with one attached hydrogen (secondary N) is 1. The Kier molecular flexibility index (Phi) is 4.55. The van der Waals surface area contributed by atoms with Crippen molar-refractivity contribution in [2.75, 3.05) is 11.9 Å². The molecule has 0 aliphatic rings. The lowest BCUT2D eigenvalue weighted by atomic mass is 10.3. The molecule has 0 saturated carbocycles. The van der Waals surface area contributed by atoms with Crippen LogP contribution in [0.5, 0.6) is 5.75 Å². The molecule has 0 aliphatic carbocycles. The summed E-state index contributed by atoms with van der Waals surface area (Å²) in [6.07, 6.45) is 4.80. The largest absolute Gasteiger partial charge is 0.494 e. The second-order valence-electron chi connectivity index (χ2n) is 5.16. The number of nitrogens with zero attached hydrogens (tertiary/aromatic N) is 4. The number of fused-ring (bicyclic) bond motifs is 1. The lowest BCUT2D eigenvalue weighted by molar-refractivity contribution is 0.102. The molecule has 0 unspecified atom stereocenters. The molecule has 1 amide bonds. The van der Waals surface area contributed by atoms with Gasteiger partial charge in [0.15, 0.2) is 5.13 Å². The first kappa shape index (κ1) is 16.6. The number of aromatic nitrogens is 4. The van der Waals surface area contributed by atoms with Gasteiger partial charge in [-0.05, 0) is 25.1 Å². The van der Waals surface area contributed by atoms with Gasteiger partial charge in [-0.3, -0.25) is 20.1 Å². The van der Waals surface area contributed by atoms with Crippen LogP contribution in [0.15, 0.2) is 42.2 Å². The molecule has 1 N–H and O–H groups in total. The van der Waals surface area contributed by atoms with Crippen LogP contribution in [0.3, 0.4) is 0 Å². The van der Waals surface area contributed by atoms with Crippen molar-refractivity contribution in [3.8, 4) is 16.5 Å². The SMILES string of the molecule is CCOc1ccc2nc(NC(=O)c3csc(-c4cnccn4)n3)sc2c1. The molecule has 1 aromatic carbocycles. The number of thiazole rings is 2. The number of anilines is 1. The molecule has 9 heteroatoms. The fourth-order valence-corrected chi connectivity index (χ4v) is 3.93. The van der Waals surface area contributed by atoms with Crippen molar-refractivity contribution < 1.29 is 9.53 Å². The summed E-state index contributed by atoms with van der Waals surface area (Å²) in [6, 6.07) is 5.66. The minimum absolute atomic E-state index is 0.305. The number of hydrogen-bond donors (Lipinski definition) is 1. The third kappa shape index (κ3) is 3.39. The van der Waals surface area contributed by atoms with Crippen LogP contribution in [0, 0.1) is 0 Å². The Bertz CT molecular complexity index is 1060. The van der Waals surface area contributed by atoms with Gasteiger partial charge in [0.2, 0.25) is 0 Å². The van der Waals surface area contributed by atoms with Crippen molar-refractivity contribution in [3.05, 3.63) is 47.9 Å². The van der Waals surface area contributed by atoms with E-state index in [0.29, 0.717) is 28.1 Å². The van der Waals surface area contributed by atoms with Crippen molar-refractivity contribution >= 4 is 43.9 Å². The summed E-state index contributed by atoms with van der Waals surface area (Å²) in [6.45, 7) is 2.54. The zero-order chi connectivity index (χ0) is 17.9. The zero-order valence-corrected chi connectivity index (χ0v) is 15.3. The summed E-state index contributed by atoms with van der Waals surface area (Å²) in [5.74, 6) is 0.482. The molecule has 0 saturated heterocycles. The quantitative estimate of drug-likeness (QED) is 0.563. The smallest absolute Gasteiger partial charge is 0.276 e. The molecular formula is C17H13N5O2S2. The molecule has 0 fully saturated rings. The third-order valence-corrected chi connectivity index (χ3v) is 5.21. The van der Waals surface area contributed by atoms with Crippen molar-refractivity contribution in [2.24, 2.45) is 0 Å². The minimum atomic E-state index is -0.305. The van der Waals surface area contributed by atoms with Crippen LogP contribution in [0.25, 0.3) is 20.9 Å². The van der Waals surface area contributed by atoms with E-state index in [1.165, 1.54) is 22.7 Å². The molecule has 130 valence electrons. The van der Waals surface area contributed by atoms with Crippen molar-refractivity contribution in [3.63, 3.8) is 0 Å². The number of carbonyl (C=O) groups is 1. The van der Waals surface area contributed by atoms with E-state index in [1.807, 2.05) is 25.1 Å². The molecule has 3 aromatic heterocycles. The molecule has 7 nitrogen and oxygen atoms in total. The fraction of sp³-hybridized carbons (Fsp3) is 0.118. The maximum absolute atomic E-state index is 12.4. The van der Waals surface area contributed by atoms with Crippen LogP contribution in [0.4, 0.5) is 5.13 Å². The average molecular weight is 383 g/mol. The Morgan fingerprint density at radius 2 is 2.19 bits per heavy atom. The van der Waals surface area contributed by atoms with Crippen molar-refractivity contribution in [1.82, 2.24) is 19.9 Å². The first-order valence-corrected chi connectivity index (χ1v) is 9.49. The first-order valence-electron chi connectivity index (χ1n) is 7.79. The third-order valence-electron chi connectivity index (χ3n) is 3.41. The second kappa shape index (κ2) is 7.14. The van der Waals surface area contributed by atoms with Gasteiger partial charge in [-0.15, -0.1) is 11.3 Å². The summed E-state index contributed by atoms with van der Waals surface area (Å²) in [4.78, 5) is 29.4. The highest BCUT2D eigenvalue weighted by Crippen LogP contribution is 2.30. The van der Waals surface area contributed by atoms with E-state index in [1.54, 1.807) is 24.0 Å². The average Bonchev–Trinajstić information content (AvgIpc) is 3.29. The van der Waals surface area contributed by atoms with Gasteiger partial charge in [0.25, 0.3) is 5.91 Å². The van der Waals surface area contributed by atoms with Gasteiger partial charge in [-0.1, -0.05) is 11.3 Å². The molecule has 4 rings (SSSR count). The summed E-state index contributed by atoms with van der Waals surface area (Å²) < 4.78 is 6.44. The fourth-order valence-electron chi connectivity index (χ4n) is 2.28. The Balaban J connectivity index is 1.53. The van der Waals surface area contributed by atoms with Gasteiger partial charge in [-0.2, -0.15) is 0 Å². The molecule has 3 heterocycles. The van der Waals surface area contributed by atoms with E-state index in [0.717, 1.165) is 16.0 Å². The van der Waals surface area contributed by atoms with Crippen molar-refractivity contribution in [2.45, 2.75) is 6.92 Å². The number of hydrogen-bond acceptors (Lipinski definition) is 8. The van der Waals surface area contributed by atoms with Crippen LogP contribution in [-0.4, -0.2) is 32.4 Å². The van der Waals surface area contributed by atoms with Gasteiger partial charge in [0.1, 0.15) is 22.1 Å². The van der Waals surface area contributed by atoms with E-state index < -0.39 is 0 Å². The molecule has 4 aromatic rings. The molecule has 0 atom stereocenters. The maximum atomic E-state index is 12.4. The van der Waals surface area contributed by atoms with Gasteiger partial charge in [0.05, 0.1) is 23.0 Å². The van der Waals surface area contributed by atoms with Crippen LogP contribution in [0.1, 0.15) is 17.4 Å². The zero-order valence-electron chi connectivity index (χ0n) is 13.7. The van der Waals surface area contributed by atoms with Gasteiger partial charge in [-0.25, -0.2) is 9.97 Å². The van der Waals surface area contributed by atoms with Gasteiger partial charge in [0, 0.05) is 17.8 Å². The van der Waals surface area contributed by atoms with E-state index in [2.05, 4.69) is 25.3 Å². The summed E-state index contributed by atoms with van der Waals surface area (Å²) >= 11 is 2.74. The summed E-state index contributed by atoms with van der Waals surface area (Å²) in [5, 5.41) is 5.66. The normalized spacial score (nSPS) is 10.8. The molecule has 0 spiro atoms. The molecule has 0 aliphatic heterocycles. The lowest BCUT2D eigenvalue weighted by Gasteiger charge is -2.00. The van der Waals surface area contributed by atoms with E-state index in [9.17, 15) is 4.79 Å². The number of carbonyl (C=O) groups excluding carboxylic acids is 1. The van der Waals surface area contributed by atoms with Gasteiger partial charge >= 0.3 is 0 Å². The summed E-state index contributed by atoms with van der Waals surface area (Å²) in [5.41, 5.74) is 1.78. The molecule has 0 bridgehead atoms.